The van der Waals surface area contributed by atoms with Crippen LogP contribution in [0.15, 0.2) is 53.5 Å². The average molecular weight is 382 g/mol. The molecule has 1 aliphatic rings. The molecular weight excluding hydrogens is 367 g/mol. The molecule has 0 atom stereocenters. The third-order valence-corrected chi connectivity index (χ3v) is 5.03. The zero-order chi connectivity index (χ0) is 18.8. The van der Waals surface area contributed by atoms with Gasteiger partial charge in [0.05, 0.1) is 12.4 Å². The first-order valence-corrected chi connectivity index (χ1v) is 9.26. The Morgan fingerprint density at radius 3 is 2.41 bits per heavy atom. The molecule has 27 heavy (non-hydrogen) atoms. The molecule has 0 aliphatic carbocycles. The van der Waals surface area contributed by atoms with Gasteiger partial charge in [0.25, 0.3) is 5.91 Å². The van der Waals surface area contributed by atoms with E-state index in [9.17, 15) is 14.0 Å². The van der Waals surface area contributed by atoms with Crippen LogP contribution in [0.1, 0.15) is 10.4 Å². The minimum atomic E-state index is -0.564. The number of nitrogens with zero attached hydrogens (tertiary/aromatic N) is 4. The van der Waals surface area contributed by atoms with E-state index < -0.39 is 5.82 Å². The quantitative estimate of drug-likeness (QED) is 0.699. The fourth-order valence-electron chi connectivity index (χ4n) is 2.92. The van der Waals surface area contributed by atoms with Crippen LogP contribution in [0.25, 0.3) is 11.1 Å². The van der Waals surface area contributed by atoms with Crippen molar-refractivity contribution in [1.82, 2.24) is 14.9 Å². The topological polar surface area (TPSA) is 66.4 Å². The van der Waals surface area contributed by atoms with Crippen molar-refractivity contribution in [3.63, 3.8) is 0 Å². The summed E-state index contributed by atoms with van der Waals surface area (Å²) in [6.07, 6.45) is 2.03. The van der Waals surface area contributed by atoms with Crippen molar-refractivity contribution in [2.75, 3.05) is 24.5 Å². The molecule has 1 aliphatic heterocycles. The molecule has 0 radical (unpaired) electrons. The molecule has 8 heteroatoms. The van der Waals surface area contributed by atoms with Gasteiger partial charge in [0.15, 0.2) is 5.82 Å². The maximum atomic E-state index is 12.9. The number of aromatic nitrogens is 2. The van der Waals surface area contributed by atoms with Crippen LogP contribution in [0.4, 0.5) is 10.3 Å². The van der Waals surface area contributed by atoms with Crippen molar-refractivity contribution in [1.29, 1.82) is 0 Å². The summed E-state index contributed by atoms with van der Waals surface area (Å²) in [6.45, 7) is 0.562. The molecule has 0 spiro atoms. The minimum Gasteiger partial charge on any atom is -0.328 e. The highest BCUT2D eigenvalue weighted by atomic mass is 32.1. The van der Waals surface area contributed by atoms with Crippen LogP contribution in [0.2, 0.25) is 0 Å². The van der Waals surface area contributed by atoms with Gasteiger partial charge < -0.3 is 4.90 Å². The number of amides is 2. The first-order valence-electron chi connectivity index (χ1n) is 8.31. The van der Waals surface area contributed by atoms with Crippen molar-refractivity contribution in [3.05, 3.63) is 64.9 Å². The van der Waals surface area contributed by atoms with Gasteiger partial charge in [-0.1, -0.05) is 12.1 Å². The van der Waals surface area contributed by atoms with Gasteiger partial charge in [-0.25, -0.2) is 14.4 Å². The lowest BCUT2D eigenvalue weighted by Crippen LogP contribution is -2.52. The summed E-state index contributed by atoms with van der Waals surface area (Å²) >= 11 is 1.62. The van der Waals surface area contributed by atoms with Gasteiger partial charge in [0, 0.05) is 18.7 Å². The Hall–Kier alpha value is -3.13. The molecule has 0 bridgehead atoms. The number of rotatable bonds is 3. The molecule has 0 saturated carbocycles. The predicted molar refractivity (Wildman–Crippen MR) is 100 cm³/mol. The summed E-state index contributed by atoms with van der Waals surface area (Å²) < 4.78 is 12.9. The van der Waals surface area contributed by atoms with E-state index in [1.54, 1.807) is 23.5 Å². The molecule has 1 saturated heterocycles. The fraction of sp³-hybridized carbons (Fsp3) is 0.158. The Kier molecular flexibility index (Phi) is 4.64. The Morgan fingerprint density at radius 1 is 1.04 bits per heavy atom. The smallest absolute Gasteiger partial charge is 0.254 e. The Bertz CT molecular complexity index is 958. The zero-order valence-electron chi connectivity index (χ0n) is 14.2. The van der Waals surface area contributed by atoms with Crippen LogP contribution < -0.4 is 4.90 Å². The number of piperazine rings is 1. The molecule has 6 nitrogen and oxygen atoms in total. The van der Waals surface area contributed by atoms with Gasteiger partial charge in [0.2, 0.25) is 11.9 Å². The van der Waals surface area contributed by atoms with Crippen LogP contribution in [-0.4, -0.2) is 46.3 Å². The van der Waals surface area contributed by atoms with Crippen LogP contribution in [-0.2, 0) is 4.79 Å². The normalized spacial score (nSPS) is 14.5. The van der Waals surface area contributed by atoms with Gasteiger partial charge in [-0.2, -0.15) is 11.3 Å². The van der Waals surface area contributed by atoms with Crippen LogP contribution in [0, 0.1) is 5.82 Å². The van der Waals surface area contributed by atoms with E-state index in [1.807, 2.05) is 29.0 Å². The first kappa shape index (κ1) is 17.3. The summed E-state index contributed by atoms with van der Waals surface area (Å²) in [5, 5.41) is 4.05. The molecule has 136 valence electrons. The second-order valence-electron chi connectivity index (χ2n) is 6.06. The molecule has 1 aromatic carbocycles. The predicted octanol–water partition coefficient (Wildman–Crippen LogP) is 2.83. The highest BCUT2D eigenvalue weighted by molar-refractivity contribution is 7.08. The lowest BCUT2D eigenvalue weighted by molar-refractivity contribution is -0.120. The summed E-state index contributed by atoms with van der Waals surface area (Å²) in [5.74, 6) is -0.907. The lowest BCUT2D eigenvalue weighted by atomic mass is 10.1. The minimum absolute atomic E-state index is 0.0636. The van der Waals surface area contributed by atoms with E-state index in [-0.39, 0.29) is 30.9 Å². The number of carbonyl (C=O) groups is 2. The third kappa shape index (κ3) is 3.56. The van der Waals surface area contributed by atoms with E-state index in [0.717, 1.165) is 23.5 Å². The van der Waals surface area contributed by atoms with Gasteiger partial charge in [-0.3, -0.25) is 14.5 Å². The van der Waals surface area contributed by atoms with E-state index >= 15 is 0 Å². The maximum Gasteiger partial charge on any atom is 0.254 e. The van der Waals surface area contributed by atoms with Crippen LogP contribution >= 0.6 is 11.3 Å². The molecule has 3 aromatic rings. The largest absolute Gasteiger partial charge is 0.328 e. The average Bonchev–Trinajstić information content (AvgIpc) is 3.23. The highest BCUT2D eigenvalue weighted by Gasteiger charge is 2.29. The fourth-order valence-corrected chi connectivity index (χ4v) is 3.58. The Labute approximate surface area is 158 Å². The second-order valence-corrected chi connectivity index (χ2v) is 6.84. The van der Waals surface area contributed by atoms with Gasteiger partial charge in [0.1, 0.15) is 6.54 Å². The van der Waals surface area contributed by atoms with Crippen molar-refractivity contribution in [3.8, 4) is 11.1 Å². The number of anilines is 1. The SMILES string of the molecule is O=C(c1ccc(-c2ccsc2)cc1)N1CCN(c2ncc(F)cn2)C(=O)C1. The Morgan fingerprint density at radius 2 is 1.78 bits per heavy atom. The first-order chi connectivity index (χ1) is 13.1. The molecular formula is C19H15FN4O2S. The molecule has 1 fully saturated rings. The summed E-state index contributed by atoms with van der Waals surface area (Å²) in [7, 11) is 0. The number of thiophene rings is 1. The lowest BCUT2D eigenvalue weighted by Gasteiger charge is -2.33. The molecule has 2 aromatic heterocycles. The number of benzene rings is 1. The maximum absolute atomic E-state index is 12.9. The number of halogens is 1. The molecule has 3 heterocycles. The van der Waals surface area contributed by atoms with Gasteiger partial charge >= 0.3 is 0 Å². The summed E-state index contributed by atoms with van der Waals surface area (Å²) in [5.41, 5.74) is 2.69. The van der Waals surface area contributed by atoms with Crippen LogP contribution in [0.3, 0.4) is 0 Å². The molecule has 0 unspecified atom stereocenters. The van der Waals surface area contributed by atoms with E-state index in [1.165, 1.54) is 9.80 Å². The second kappa shape index (κ2) is 7.24. The standard InChI is InChI=1S/C19H15FN4O2S/c20-16-9-21-19(22-10-16)24-7-6-23(11-17(24)25)18(26)14-3-1-13(2-4-14)15-5-8-27-12-15/h1-5,8-10,12H,6-7,11H2. The zero-order valence-corrected chi connectivity index (χ0v) is 15.0. The highest BCUT2D eigenvalue weighted by Crippen LogP contribution is 2.23. The number of carbonyl (C=O) groups excluding carboxylic acids is 2. The molecule has 4 rings (SSSR count). The third-order valence-electron chi connectivity index (χ3n) is 4.34. The summed E-state index contributed by atoms with van der Waals surface area (Å²) in [4.78, 5) is 35.6. The van der Waals surface area contributed by atoms with Crippen molar-refractivity contribution in [2.24, 2.45) is 0 Å². The monoisotopic (exact) mass is 382 g/mol. The summed E-state index contributed by atoms with van der Waals surface area (Å²) in [6, 6.07) is 9.38. The molecule has 2 amide bonds. The van der Waals surface area contributed by atoms with E-state index in [4.69, 9.17) is 0 Å². The van der Waals surface area contributed by atoms with Crippen LogP contribution in [0.5, 0.6) is 0 Å². The number of hydrogen-bond acceptors (Lipinski definition) is 5. The molecule has 0 N–H and O–H groups in total. The van der Waals surface area contributed by atoms with Gasteiger partial charge in [-0.15, -0.1) is 0 Å². The van der Waals surface area contributed by atoms with Crippen molar-refractivity contribution in [2.45, 2.75) is 0 Å². The van der Waals surface area contributed by atoms with Gasteiger partial charge in [-0.05, 0) is 40.1 Å². The van der Waals surface area contributed by atoms with E-state index in [0.29, 0.717) is 12.1 Å². The number of hydrogen-bond donors (Lipinski definition) is 0. The van der Waals surface area contributed by atoms with Crippen molar-refractivity contribution < 1.29 is 14.0 Å². The van der Waals surface area contributed by atoms with Crippen molar-refractivity contribution >= 4 is 29.1 Å². The Balaban J connectivity index is 1.44. The van der Waals surface area contributed by atoms with E-state index in [2.05, 4.69) is 9.97 Å².